The molecule has 0 radical (unpaired) electrons. The summed E-state index contributed by atoms with van der Waals surface area (Å²) in [6, 6.07) is 6.80. The molecule has 0 saturated carbocycles. The van der Waals surface area contributed by atoms with E-state index in [1.807, 2.05) is 0 Å². The Morgan fingerprint density at radius 2 is 1.45 bits per heavy atom. The Kier molecular flexibility index (Phi) is 5.19. The summed E-state index contributed by atoms with van der Waals surface area (Å²) in [6.45, 7) is 0. The van der Waals surface area contributed by atoms with E-state index in [-0.39, 0.29) is 31.9 Å². The first-order valence-corrected chi connectivity index (χ1v) is 7.29. The molecular weight excluding hydrogens is 372 g/mol. The van der Waals surface area contributed by atoms with Crippen molar-refractivity contribution in [3.63, 3.8) is 0 Å². The fraction of sp³-hybridized carbons (Fsp3) is 0. The minimum Gasteiger partial charge on any atom is -0.478 e. The molecule has 2 aromatic rings. The molecule has 0 spiro atoms. The lowest BCUT2D eigenvalue weighted by atomic mass is 10.1. The zero-order valence-corrected chi connectivity index (χ0v) is 13.7. The zero-order valence-electron chi connectivity index (χ0n) is 10.7. The Morgan fingerprint density at radius 1 is 0.864 bits per heavy atom. The van der Waals surface area contributed by atoms with Gasteiger partial charge in [0.2, 0.25) is 0 Å². The lowest BCUT2D eigenvalue weighted by Gasteiger charge is -2.10. The highest BCUT2D eigenvalue weighted by atomic mass is 35.5. The molecule has 8 heteroatoms. The third kappa shape index (κ3) is 3.65. The molecule has 0 aliphatic carbocycles. The van der Waals surface area contributed by atoms with Gasteiger partial charge in [-0.1, -0.05) is 46.4 Å². The van der Waals surface area contributed by atoms with Gasteiger partial charge in [-0.2, -0.15) is 0 Å². The first-order valence-electron chi connectivity index (χ1n) is 5.78. The summed E-state index contributed by atoms with van der Waals surface area (Å²) in [6.07, 6.45) is 0. The molecule has 0 unspecified atom stereocenters. The van der Waals surface area contributed by atoms with Crippen molar-refractivity contribution in [3.8, 4) is 0 Å². The lowest BCUT2D eigenvalue weighted by Crippen LogP contribution is -2.17. The van der Waals surface area contributed by atoms with Crippen LogP contribution in [-0.4, -0.2) is 17.0 Å². The monoisotopic (exact) mass is 377 g/mol. The fourth-order valence-electron chi connectivity index (χ4n) is 1.69. The molecule has 0 heterocycles. The summed E-state index contributed by atoms with van der Waals surface area (Å²) in [5, 5.41) is 12.4. The molecule has 2 N–H and O–H groups in total. The number of carbonyl (C=O) groups excluding carboxylic acids is 1. The number of aromatic carboxylic acids is 1. The van der Waals surface area contributed by atoms with E-state index in [0.717, 1.165) is 6.07 Å². The highest BCUT2D eigenvalue weighted by molar-refractivity contribution is 6.42. The predicted octanol–water partition coefficient (Wildman–Crippen LogP) is 5.25. The van der Waals surface area contributed by atoms with Crippen LogP contribution in [-0.2, 0) is 0 Å². The first-order chi connectivity index (χ1) is 10.3. The van der Waals surface area contributed by atoms with Crippen LogP contribution in [0, 0.1) is 0 Å². The molecule has 2 aromatic carbocycles. The molecule has 0 saturated heterocycles. The SMILES string of the molecule is O=C(O)c1cc(Cl)c(Cl)cc1C(=O)Nc1cc(Cl)ccc1Cl. The Balaban J connectivity index is 2.43. The van der Waals surface area contributed by atoms with Gasteiger partial charge >= 0.3 is 5.97 Å². The Labute approximate surface area is 145 Å². The van der Waals surface area contributed by atoms with Crippen LogP contribution in [0.5, 0.6) is 0 Å². The maximum absolute atomic E-state index is 12.3. The van der Waals surface area contributed by atoms with Gasteiger partial charge in [0.15, 0.2) is 0 Å². The minimum absolute atomic E-state index is 0.0383. The number of carboxylic acids is 1. The normalized spacial score (nSPS) is 10.4. The summed E-state index contributed by atoms with van der Waals surface area (Å²) in [4.78, 5) is 23.5. The molecule has 0 bridgehead atoms. The van der Waals surface area contributed by atoms with Crippen LogP contribution >= 0.6 is 46.4 Å². The van der Waals surface area contributed by atoms with Gasteiger partial charge in [0.05, 0.1) is 31.9 Å². The smallest absolute Gasteiger partial charge is 0.336 e. The molecule has 22 heavy (non-hydrogen) atoms. The number of halogens is 4. The van der Waals surface area contributed by atoms with Gasteiger partial charge in [-0.25, -0.2) is 4.79 Å². The van der Waals surface area contributed by atoms with Gasteiger partial charge in [0, 0.05) is 5.02 Å². The average molecular weight is 379 g/mol. The molecule has 0 atom stereocenters. The van der Waals surface area contributed by atoms with Crippen LogP contribution in [0.15, 0.2) is 30.3 Å². The Hall–Kier alpha value is -1.46. The fourth-order valence-corrected chi connectivity index (χ4v) is 2.36. The van der Waals surface area contributed by atoms with E-state index in [1.54, 1.807) is 6.07 Å². The molecule has 0 fully saturated rings. The highest BCUT2D eigenvalue weighted by Gasteiger charge is 2.20. The summed E-state index contributed by atoms with van der Waals surface area (Å²) in [5.74, 6) is -2.00. The van der Waals surface area contributed by atoms with Gasteiger partial charge < -0.3 is 10.4 Å². The van der Waals surface area contributed by atoms with Crippen LogP contribution < -0.4 is 5.32 Å². The van der Waals surface area contributed by atoms with E-state index in [4.69, 9.17) is 51.5 Å². The van der Waals surface area contributed by atoms with E-state index in [0.29, 0.717) is 5.02 Å². The van der Waals surface area contributed by atoms with Gasteiger partial charge in [-0.15, -0.1) is 0 Å². The number of rotatable bonds is 3. The third-order valence-corrected chi connectivity index (χ3v) is 4.00. The lowest BCUT2D eigenvalue weighted by molar-refractivity contribution is 0.0692. The Bertz CT molecular complexity index is 777. The quantitative estimate of drug-likeness (QED) is 0.766. The van der Waals surface area contributed by atoms with Crippen molar-refractivity contribution in [2.45, 2.75) is 0 Å². The second-order valence-corrected chi connectivity index (χ2v) is 5.85. The van der Waals surface area contributed by atoms with E-state index in [2.05, 4.69) is 5.32 Å². The topological polar surface area (TPSA) is 66.4 Å². The predicted molar refractivity (Wildman–Crippen MR) is 87.8 cm³/mol. The molecule has 4 nitrogen and oxygen atoms in total. The van der Waals surface area contributed by atoms with E-state index in [1.165, 1.54) is 18.2 Å². The molecular formula is C14H7Cl4NO3. The maximum Gasteiger partial charge on any atom is 0.336 e. The molecule has 0 aromatic heterocycles. The molecule has 0 aliphatic rings. The first kappa shape index (κ1) is 16.9. The summed E-state index contributed by atoms with van der Waals surface area (Å²) >= 11 is 23.4. The van der Waals surface area contributed by atoms with Gasteiger partial charge in [0.25, 0.3) is 5.91 Å². The van der Waals surface area contributed by atoms with Crippen molar-refractivity contribution in [2.75, 3.05) is 5.32 Å². The van der Waals surface area contributed by atoms with Crippen LogP contribution in [0.25, 0.3) is 0 Å². The summed E-state index contributed by atoms with van der Waals surface area (Å²) in [5.41, 5.74) is -0.162. The molecule has 1 amide bonds. The Morgan fingerprint density at radius 3 is 2.05 bits per heavy atom. The second-order valence-electron chi connectivity index (χ2n) is 4.20. The maximum atomic E-state index is 12.3. The van der Waals surface area contributed by atoms with Gasteiger partial charge in [0.1, 0.15) is 0 Å². The van der Waals surface area contributed by atoms with Crippen molar-refractivity contribution >= 4 is 64.0 Å². The average Bonchev–Trinajstić information content (AvgIpc) is 2.45. The number of benzene rings is 2. The van der Waals surface area contributed by atoms with Gasteiger partial charge in [-0.05, 0) is 30.3 Å². The van der Waals surface area contributed by atoms with Crippen LogP contribution in [0.2, 0.25) is 20.1 Å². The van der Waals surface area contributed by atoms with Crippen molar-refractivity contribution in [2.24, 2.45) is 0 Å². The highest BCUT2D eigenvalue weighted by Crippen LogP contribution is 2.29. The number of anilines is 1. The number of carbonyl (C=O) groups is 2. The van der Waals surface area contributed by atoms with Gasteiger partial charge in [-0.3, -0.25) is 4.79 Å². The van der Waals surface area contributed by atoms with Crippen molar-refractivity contribution in [1.82, 2.24) is 0 Å². The van der Waals surface area contributed by atoms with Crippen molar-refractivity contribution in [1.29, 1.82) is 0 Å². The third-order valence-electron chi connectivity index (χ3n) is 2.71. The minimum atomic E-state index is -1.30. The molecule has 0 aliphatic heterocycles. The molecule has 2 rings (SSSR count). The number of amides is 1. The van der Waals surface area contributed by atoms with E-state index < -0.39 is 11.9 Å². The van der Waals surface area contributed by atoms with E-state index >= 15 is 0 Å². The van der Waals surface area contributed by atoms with Crippen LogP contribution in [0.4, 0.5) is 5.69 Å². The number of nitrogens with one attached hydrogen (secondary N) is 1. The van der Waals surface area contributed by atoms with Crippen molar-refractivity contribution < 1.29 is 14.7 Å². The largest absolute Gasteiger partial charge is 0.478 e. The van der Waals surface area contributed by atoms with Crippen molar-refractivity contribution in [3.05, 3.63) is 61.5 Å². The van der Waals surface area contributed by atoms with E-state index in [9.17, 15) is 9.59 Å². The van der Waals surface area contributed by atoms with Crippen LogP contribution in [0.3, 0.4) is 0 Å². The number of carboxylic acid groups (broad SMARTS) is 1. The van der Waals surface area contributed by atoms with Crippen LogP contribution in [0.1, 0.15) is 20.7 Å². The standard InChI is InChI=1S/C14H7Cl4NO3/c15-6-1-2-9(16)12(3-6)19-13(20)7-4-10(17)11(18)5-8(7)14(21)22/h1-5H,(H,19,20)(H,21,22). The number of hydrogen-bond donors (Lipinski definition) is 2. The number of hydrogen-bond acceptors (Lipinski definition) is 2. The second kappa shape index (κ2) is 6.75. The summed E-state index contributed by atoms with van der Waals surface area (Å²) < 4.78 is 0. The molecule has 114 valence electrons. The zero-order chi connectivity index (χ0) is 16.4. The summed E-state index contributed by atoms with van der Waals surface area (Å²) in [7, 11) is 0.